The van der Waals surface area contributed by atoms with E-state index in [0.717, 1.165) is 25.2 Å². The summed E-state index contributed by atoms with van der Waals surface area (Å²) in [6.45, 7) is 4.37. The van der Waals surface area contributed by atoms with Crippen molar-refractivity contribution in [1.82, 2.24) is 5.32 Å². The molecule has 1 saturated carbocycles. The monoisotopic (exact) mass is 255 g/mol. The SMILES string of the molecule is CCCCC(NC(C)C1CCCCC1)C(=O)OC. The minimum atomic E-state index is -0.119. The zero-order valence-electron chi connectivity index (χ0n) is 12.2. The van der Waals surface area contributed by atoms with Crippen LogP contribution in [0.25, 0.3) is 0 Å². The topological polar surface area (TPSA) is 38.3 Å². The first-order chi connectivity index (χ1) is 8.69. The fourth-order valence-corrected chi connectivity index (χ4v) is 2.91. The van der Waals surface area contributed by atoms with Gasteiger partial charge in [0.25, 0.3) is 0 Å². The van der Waals surface area contributed by atoms with E-state index in [2.05, 4.69) is 19.2 Å². The van der Waals surface area contributed by atoms with E-state index < -0.39 is 0 Å². The zero-order valence-corrected chi connectivity index (χ0v) is 12.2. The van der Waals surface area contributed by atoms with Crippen molar-refractivity contribution >= 4 is 5.97 Å². The van der Waals surface area contributed by atoms with Gasteiger partial charge < -0.3 is 10.1 Å². The Morgan fingerprint density at radius 3 is 2.56 bits per heavy atom. The van der Waals surface area contributed by atoms with Gasteiger partial charge in [-0.05, 0) is 32.1 Å². The lowest BCUT2D eigenvalue weighted by atomic mass is 9.84. The van der Waals surface area contributed by atoms with E-state index in [1.165, 1.54) is 39.2 Å². The Morgan fingerprint density at radius 1 is 1.33 bits per heavy atom. The zero-order chi connectivity index (χ0) is 13.4. The van der Waals surface area contributed by atoms with Crippen LogP contribution in [0.1, 0.15) is 65.2 Å². The second-order valence-electron chi connectivity index (χ2n) is 5.57. The first-order valence-electron chi connectivity index (χ1n) is 7.53. The van der Waals surface area contributed by atoms with Gasteiger partial charge in [-0.1, -0.05) is 39.0 Å². The van der Waals surface area contributed by atoms with Crippen molar-refractivity contribution in [3.05, 3.63) is 0 Å². The van der Waals surface area contributed by atoms with Gasteiger partial charge in [0.05, 0.1) is 7.11 Å². The fourth-order valence-electron chi connectivity index (χ4n) is 2.91. The highest BCUT2D eigenvalue weighted by molar-refractivity contribution is 5.75. The summed E-state index contributed by atoms with van der Waals surface area (Å²) in [5.74, 6) is 0.624. The van der Waals surface area contributed by atoms with Gasteiger partial charge in [0.2, 0.25) is 0 Å². The molecule has 0 aromatic rings. The number of ether oxygens (including phenoxy) is 1. The van der Waals surface area contributed by atoms with Gasteiger partial charge in [-0.2, -0.15) is 0 Å². The number of nitrogens with one attached hydrogen (secondary N) is 1. The molecule has 1 aliphatic carbocycles. The first kappa shape index (κ1) is 15.5. The van der Waals surface area contributed by atoms with E-state index in [1.807, 2.05) is 0 Å². The molecule has 1 rings (SSSR count). The second kappa shape index (κ2) is 8.52. The van der Waals surface area contributed by atoms with Crippen molar-refractivity contribution in [2.45, 2.75) is 77.3 Å². The van der Waals surface area contributed by atoms with Gasteiger partial charge in [-0.15, -0.1) is 0 Å². The Hall–Kier alpha value is -0.570. The molecule has 3 heteroatoms. The average molecular weight is 255 g/mol. The maximum atomic E-state index is 11.8. The lowest BCUT2D eigenvalue weighted by Crippen LogP contribution is -2.46. The molecule has 3 nitrogen and oxygen atoms in total. The molecule has 106 valence electrons. The van der Waals surface area contributed by atoms with E-state index >= 15 is 0 Å². The average Bonchev–Trinajstić information content (AvgIpc) is 2.43. The van der Waals surface area contributed by atoms with Crippen molar-refractivity contribution in [1.29, 1.82) is 0 Å². The van der Waals surface area contributed by atoms with Crippen LogP contribution in [0.15, 0.2) is 0 Å². The first-order valence-corrected chi connectivity index (χ1v) is 7.53. The van der Waals surface area contributed by atoms with Gasteiger partial charge in [-0.25, -0.2) is 0 Å². The molecule has 0 aromatic carbocycles. The van der Waals surface area contributed by atoms with E-state index in [4.69, 9.17) is 4.74 Å². The molecule has 2 unspecified atom stereocenters. The van der Waals surface area contributed by atoms with E-state index in [9.17, 15) is 4.79 Å². The highest BCUT2D eigenvalue weighted by atomic mass is 16.5. The minimum Gasteiger partial charge on any atom is -0.468 e. The summed E-state index contributed by atoms with van der Waals surface area (Å²) in [5.41, 5.74) is 0. The molecule has 0 saturated heterocycles. The fraction of sp³-hybridized carbons (Fsp3) is 0.933. The van der Waals surface area contributed by atoms with Crippen molar-refractivity contribution in [2.24, 2.45) is 5.92 Å². The van der Waals surface area contributed by atoms with Crippen LogP contribution in [-0.2, 0) is 9.53 Å². The van der Waals surface area contributed by atoms with Crippen LogP contribution in [-0.4, -0.2) is 25.2 Å². The molecule has 2 atom stereocenters. The molecule has 18 heavy (non-hydrogen) atoms. The van der Waals surface area contributed by atoms with Gasteiger partial charge in [0.1, 0.15) is 6.04 Å². The van der Waals surface area contributed by atoms with Crippen molar-refractivity contribution in [2.75, 3.05) is 7.11 Å². The van der Waals surface area contributed by atoms with Gasteiger partial charge in [-0.3, -0.25) is 4.79 Å². The van der Waals surface area contributed by atoms with Crippen LogP contribution in [0.4, 0.5) is 0 Å². The normalized spacial score (nSPS) is 20.4. The number of hydrogen-bond donors (Lipinski definition) is 1. The smallest absolute Gasteiger partial charge is 0.322 e. The number of rotatable bonds is 7. The number of unbranched alkanes of at least 4 members (excludes halogenated alkanes) is 1. The summed E-state index contributed by atoms with van der Waals surface area (Å²) in [6, 6.07) is 0.304. The molecule has 0 aromatic heterocycles. The predicted octanol–water partition coefficient (Wildman–Crippen LogP) is 3.28. The highest BCUT2D eigenvalue weighted by Crippen LogP contribution is 2.26. The molecular weight excluding hydrogens is 226 g/mol. The summed E-state index contributed by atoms with van der Waals surface area (Å²) in [4.78, 5) is 11.8. The minimum absolute atomic E-state index is 0.105. The van der Waals surface area contributed by atoms with E-state index in [1.54, 1.807) is 0 Å². The molecule has 1 aliphatic rings. The molecular formula is C15H29NO2. The van der Waals surface area contributed by atoms with Gasteiger partial charge >= 0.3 is 5.97 Å². The number of hydrogen-bond acceptors (Lipinski definition) is 3. The third-order valence-electron chi connectivity index (χ3n) is 4.15. The molecule has 0 aliphatic heterocycles. The Bertz CT molecular complexity index is 237. The lowest BCUT2D eigenvalue weighted by Gasteiger charge is -2.31. The third-order valence-corrected chi connectivity index (χ3v) is 4.15. The molecule has 1 N–H and O–H groups in total. The van der Waals surface area contributed by atoms with Crippen LogP contribution in [0.3, 0.4) is 0 Å². The predicted molar refractivity (Wildman–Crippen MR) is 74.5 cm³/mol. The van der Waals surface area contributed by atoms with E-state index in [-0.39, 0.29) is 12.0 Å². The Labute approximate surface area is 112 Å². The highest BCUT2D eigenvalue weighted by Gasteiger charge is 2.25. The van der Waals surface area contributed by atoms with Crippen molar-refractivity contribution < 1.29 is 9.53 Å². The quantitative estimate of drug-likeness (QED) is 0.710. The molecule has 0 radical (unpaired) electrons. The van der Waals surface area contributed by atoms with Crippen molar-refractivity contribution in [3.63, 3.8) is 0 Å². The maximum Gasteiger partial charge on any atom is 0.322 e. The molecule has 1 fully saturated rings. The van der Waals surface area contributed by atoms with Gasteiger partial charge in [0, 0.05) is 6.04 Å². The summed E-state index contributed by atoms with van der Waals surface area (Å²) < 4.78 is 4.90. The standard InChI is InChI=1S/C15H29NO2/c1-4-5-11-14(15(17)18-3)16-12(2)13-9-7-6-8-10-13/h12-14,16H,4-11H2,1-3H3. The van der Waals surface area contributed by atoms with Gasteiger partial charge in [0.15, 0.2) is 0 Å². The summed E-state index contributed by atoms with van der Waals surface area (Å²) in [5, 5.41) is 3.50. The number of esters is 1. The number of carbonyl (C=O) groups is 1. The number of methoxy groups -OCH3 is 1. The Balaban J connectivity index is 2.44. The summed E-state index contributed by atoms with van der Waals surface area (Å²) in [7, 11) is 1.48. The molecule has 0 amide bonds. The molecule has 0 heterocycles. The largest absolute Gasteiger partial charge is 0.468 e. The Kier molecular flexibility index (Phi) is 7.33. The summed E-state index contributed by atoms with van der Waals surface area (Å²) in [6.07, 6.45) is 9.74. The van der Waals surface area contributed by atoms with Crippen molar-refractivity contribution in [3.8, 4) is 0 Å². The molecule has 0 bridgehead atoms. The second-order valence-corrected chi connectivity index (χ2v) is 5.57. The van der Waals surface area contributed by atoms with Crippen LogP contribution in [0, 0.1) is 5.92 Å². The summed E-state index contributed by atoms with van der Waals surface area (Å²) >= 11 is 0. The third kappa shape index (κ3) is 4.97. The molecule has 0 spiro atoms. The van der Waals surface area contributed by atoms with Crippen LogP contribution >= 0.6 is 0 Å². The van der Waals surface area contributed by atoms with Crippen LogP contribution < -0.4 is 5.32 Å². The number of carbonyl (C=O) groups excluding carboxylic acids is 1. The van der Waals surface area contributed by atoms with Crippen LogP contribution in [0.2, 0.25) is 0 Å². The Morgan fingerprint density at radius 2 is 2.00 bits per heavy atom. The van der Waals surface area contributed by atoms with Crippen LogP contribution in [0.5, 0.6) is 0 Å². The van der Waals surface area contributed by atoms with E-state index in [0.29, 0.717) is 6.04 Å². The maximum absolute atomic E-state index is 11.8. The lowest BCUT2D eigenvalue weighted by molar-refractivity contribution is -0.143.